The predicted molar refractivity (Wildman–Crippen MR) is 110 cm³/mol. The summed E-state index contributed by atoms with van der Waals surface area (Å²) in [6.07, 6.45) is 0. The molecule has 1 aromatic carbocycles. The van der Waals surface area contributed by atoms with Crippen LogP contribution in [-0.2, 0) is 24.1 Å². The van der Waals surface area contributed by atoms with Crippen LogP contribution in [0.5, 0.6) is 0 Å². The number of aromatic nitrogens is 4. The molecule has 0 bridgehead atoms. The highest BCUT2D eigenvalue weighted by Gasteiger charge is 2.32. The van der Waals surface area contributed by atoms with Crippen LogP contribution in [-0.4, -0.2) is 56.8 Å². The van der Waals surface area contributed by atoms with Gasteiger partial charge in [0.25, 0.3) is 5.56 Å². The number of sulfonamides is 1. The van der Waals surface area contributed by atoms with Gasteiger partial charge in [-0.15, -0.1) is 0 Å². The number of hydrogen-bond acceptors (Lipinski definition) is 8. The van der Waals surface area contributed by atoms with E-state index in [1.54, 1.807) is 26.1 Å². The second-order valence-corrected chi connectivity index (χ2v) is 9.35. The molecule has 0 spiro atoms. The average Bonchev–Trinajstić information content (AvgIpc) is 3.20. The van der Waals surface area contributed by atoms with Crippen molar-refractivity contribution in [3.05, 3.63) is 44.7 Å². The molecule has 0 unspecified atom stereocenters. The second kappa shape index (κ2) is 7.04. The van der Waals surface area contributed by atoms with Gasteiger partial charge < -0.3 is 4.90 Å². The fraction of sp³-hybridized carbons (Fsp3) is 0.412. The van der Waals surface area contributed by atoms with Crippen molar-refractivity contribution < 1.29 is 8.42 Å². The van der Waals surface area contributed by atoms with Crippen molar-refractivity contribution in [1.29, 1.82) is 0 Å². The molecule has 0 radical (unpaired) electrons. The lowest BCUT2D eigenvalue weighted by Crippen LogP contribution is -2.52. The summed E-state index contributed by atoms with van der Waals surface area (Å²) in [4.78, 5) is 26.7. The summed E-state index contributed by atoms with van der Waals surface area (Å²) in [5.74, 6) is 0. The largest absolute Gasteiger partial charge is 0.363 e. The van der Waals surface area contributed by atoms with Gasteiger partial charge in [0.05, 0.1) is 11.7 Å². The summed E-state index contributed by atoms with van der Waals surface area (Å²) in [5, 5.41) is 0. The maximum atomic E-state index is 13.2. The van der Waals surface area contributed by atoms with E-state index >= 15 is 0 Å². The molecule has 3 heterocycles. The molecule has 1 saturated heterocycles. The van der Waals surface area contributed by atoms with Crippen molar-refractivity contribution in [3.8, 4) is 0 Å². The van der Waals surface area contributed by atoms with E-state index in [1.165, 1.54) is 22.0 Å². The number of piperazine rings is 1. The highest BCUT2D eigenvalue weighted by Crippen LogP contribution is 2.26. The zero-order chi connectivity index (χ0) is 20.9. The molecule has 10 nitrogen and oxygen atoms in total. The molecule has 0 amide bonds. The third-order valence-electron chi connectivity index (χ3n) is 5.35. The molecule has 1 fully saturated rings. The molecule has 0 atom stereocenters. The van der Waals surface area contributed by atoms with Crippen molar-refractivity contribution >= 4 is 38.5 Å². The van der Waals surface area contributed by atoms with Crippen LogP contribution in [0.1, 0.15) is 5.69 Å². The molecule has 3 aromatic rings. The van der Waals surface area contributed by atoms with Crippen molar-refractivity contribution in [2.24, 2.45) is 14.1 Å². The Balaban J connectivity index is 1.63. The first-order valence-electron chi connectivity index (χ1n) is 8.96. The maximum absolute atomic E-state index is 13.2. The Morgan fingerprint density at radius 2 is 1.69 bits per heavy atom. The third kappa shape index (κ3) is 3.07. The standard InChI is InChI=1S/C17H20N6O4S2/c1-11-15(16(24)21(3)17(25)20(11)2)22-7-9-23(10-8-22)29(26,27)13-6-4-5-12-14(13)19-28-18-12/h4-6H,7-10H2,1-3H3. The van der Waals surface area contributed by atoms with E-state index < -0.39 is 10.0 Å². The van der Waals surface area contributed by atoms with Gasteiger partial charge in [-0.25, -0.2) is 13.2 Å². The van der Waals surface area contributed by atoms with Crippen molar-refractivity contribution in [3.63, 3.8) is 0 Å². The number of anilines is 1. The second-order valence-electron chi connectivity index (χ2n) is 6.92. The first-order chi connectivity index (χ1) is 13.7. The zero-order valence-electron chi connectivity index (χ0n) is 16.2. The average molecular weight is 437 g/mol. The molecule has 29 heavy (non-hydrogen) atoms. The molecule has 0 aliphatic carbocycles. The highest BCUT2D eigenvalue weighted by atomic mass is 32.2. The summed E-state index contributed by atoms with van der Waals surface area (Å²) in [5.41, 5.74) is 1.16. The zero-order valence-corrected chi connectivity index (χ0v) is 17.8. The molecule has 0 saturated carbocycles. The maximum Gasteiger partial charge on any atom is 0.330 e. The van der Waals surface area contributed by atoms with E-state index in [0.717, 1.165) is 16.3 Å². The molecule has 0 N–H and O–H groups in total. The number of rotatable bonds is 3. The molecule has 12 heteroatoms. The monoisotopic (exact) mass is 436 g/mol. The Kier molecular flexibility index (Phi) is 4.79. The number of benzene rings is 1. The van der Waals surface area contributed by atoms with E-state index in [2.05, 4.69) is 8.75 Å². The summed E-state index contributed by atoms with van der Waals surface area (Å²) >= 11 is 0.978. The SMILES string of the molecule is Cc1c(N2CCN(S(=O)(=O)c3cccc4nsnc34)CC2)c(=O)n(C)c(=O)n1C. The Morgan fingerprint density at radius 1 is 1.00 bits per heavy atom. The normalized spacial score (nSPS) is 15.9. The number of nitrogens with zero attached hydrogens (tertiary/aromatic N) is 6. The van der Waals surface area contributed by atoms with Crippen LogP contribution in [0.25, 0.3) is 11.0 Å². The first-order valence-corrected chi connectivity index (χ1v) is 11.1. The van der Waals surface area contributed by atoms with Gasteiger partial charge >= 0.3 is 5.69 Å². The minimum absolute atomic E-state index is 0.145. The lowest BCUT2D eigenvalue weighted by molar-refractivity contribution is 0.383. The summed E-state index contributed by atoms with van der Waals surface area (Å²) in [6, 6.07) is 4.93. The smallest absolute Gasteiger partial charge is 0.330 e. The minimum atomic E-state index is -3.74. The van der Waals surface area contributed by atoms with Gasteiger partial charge in [0.1, 0.15) is 21.6 Å². The van der Waals surface area contributed by atoms with E-state index in [0.29, 0.717) is 35.5 Å². The Hall–Kier alpha value is -2.57. The highest BCUT2D eigenvalue weighted by molar-refractivity contribution is 7.89. The quantitative estimate of drug-likeness (QED) is 0.564. The summed E-state index contributed by atoms with van der Waals surface area (Å²) < 4.78 is 38.5. The van der Waals surface area contributed by atoms with Gasteiger partial charge in [-0.1, -0.05) is 6.07 Å². The molecule has 154 valence electrons. The van der Waals surface area contributed by atoms with Crippen LogP contribution in [0.2, 0.25) is 0 Å². The van der Waals surface area contributed by atoms with Gasteiger partial charge in [0, 0.05) is 46.0 Å². The summed E-state index contributed by atoms with van der Waals surface area (Å²) in [7, 11) is -0.679. The molecule has 1 aliphatic heterocycles. The van der Waals surface area contributed by atoms with Crippen LogP contribution < -0.4 is 16.1 Å². The Bertz CT molecular complexity index is 1320. The minimum Gasteiger partial charge on any atom is -0.363 e. The molecule has 2 aromatic heterocycles. The fourth-order valence-corrected chi connectivity index (χ4v) is 5.75. The Morgan fingerprint density at radius 3 is 2.38 bits per heavy atom. The lowest BCUT2D eigenvalue weighted by Gasteiger charge is -2.35. The number of fused-ring (bicyclic) bond motifs is 1. The molecule has 4 rings (SSSR count). The molecule has 1 aliphatic rings. The van der Waals surface area contributed by atoms with Gasteiger partial charge in [0.15, 0.2) is 0 Å². The summed E-state index contributed by atoms with van der Waals surface area (Å²) in [6.45, 7) is 2.86. The number of hydrogen-bond donors (Lipinski definition) is 0. The van der Waals surface area contributed by atoms with Crippen LogP contribution in [0, 0.1) is 6.92 Å². The van der Waals surface area contributed by atoms with Crippen LogP contribution in [0.15, 0.2) is 32.7 Å². The third-order valence-corrected chi connectivity index (χ3v) is 7.82. The fourth-order valence-electron chi connectivity index (χ4n) is 3.57. The predicted octanol–water partition coefficient (Wildman–Crippen LogP) is -0.0920. The van der Waals surface area contributed by atoms with Crippen LogP contribution in [0.4, 0.5) is 5.69 Å². The van der Waals surface area contributed by atoms with E-state index in [4.69, 9.17) is 0 Å². The van der Waals surface area contributed by atoms with Gasteiger partial charge in [-0.3, -0.25) is 13.9 Å². The molecular formula is C17H20N6O4S2. The Labute approximate surface area is 171 Å². The van der Waals surface area contributed by atoms with Gasteiger partial charge in [-0.2, -0.15) is 13.1 Å². The van der Waals surface area contributed by atoms with Gasteiger partial charge in [0.2, 0.25) is 10.0 Å². The van der Waals surface area contributed by atoms with Crippen molar-refractivity contribution in [1.82, 2.24) is 22.2 Å². The van der Waals surface area contributed by atoms with Crippen molar-refractivity contribution in [2.75, 3.05) is 31.1 Å². The van der Waals surface area contributed by atoms with Gasteiger partial charge in [-0.05, 0) is 19.1 Å². The van der Waals surface area contributed by atoms with E-state index in [1.807, 2.05) is 4.90 Å². The molecular weight excluding hydrogens is 416 g/mol. The van der Waals surface area contributed by atoms with Crippen LogP contribution in [0.3, 0.4) is 0 Å². The van der Waals surface area contributed by atoms with E-state index in [9.17, 15) is 18.0 Å². The lowest BCUT2D eigenvalue weighted by atomic mass is 10.2. The van der Waals surface area contributed by atoms with Crippen molar-refractivity contribution in [2.45, 2.75) is 11.8 Å². The first kappa shape index (κ1) is 19.7. The van der Waals surface area contributed by atoms with E-state index in [-0.39, 0.29) is 29.2 Å². The van der Waals surface area contributed by atoms with Crippen LogP contribution >= 0.6 is 11.7 Å². The topological polar surface area (TPSA) is 110 Å².